The summed E-state index contributed by atoms with van der Waals surface area (Å²) in [6.07, 6.45) is 5.13. The lowest BCUT2D eigenvalue weighted by atomic mass is 10.2. The lowest BCUT2D eigenvalue weighted by Gasteiger charge is -1.93. The van der Waals surface area contributed by atoms with Gasteiger partial charge in [-0.05, 0) is 31.5 Å². The molecule has 8 nitrogen and oxygen atoms in total. The number of rotatable bonds is 6. The first-order valence-corrected chi connectivity index (χ1v) is 6.30. The van der Waals surface area contributed by atoms with Crippen LogP contribution >= 0.6 is 0 Å². The molecular weight excluding hydrogens is 260 g/mol. The maximum absolute atomic E-state index is 5.46. The van der Waals surface area contributed by atoms with Gasteiger partial charge in [-0.15, -0.1) is 5.10 Å². The summed E-state index contributed by atoms with van der Waals surface area (Å²) in [5.41, 5.74) is 6.37. The molecule has 0 spiro atoms. The van der Waals surface area contributed by atoms with Gasteiger partial charge in [-0.2, -0.15) is 4.98 Å². The van der Waals surface area contributed by atoms with Crippen molar-refractivity contribution in [3.05, 3.63) is 36.1 Å². The van der Waals surface area contributed by atoms with Crippen LogP contribution in [0.3, 0.4) is 0 Å². The summed E-state index contributed by atoms with van der Waals surface area (Å²) < 4.78 is 12.0. The maximum Gasteiger partial charge on any atom is 0.293 e. The number of nitrogens with zero attached hydrogens (tertiary/aromatic N) is 5. The summed E-state index contributed by atoms with van der Waals surface area (Å²) in [5.74, 6) is 1.42. The van der Waals surface area contributed by atoms with Crippen molar-refractivity contribution in [3.8, 4) is 11.7 Å². The Balaban J connectivity index is 1.67. The van der Waals surface area contributed by atoms with Crippen LogP contribution in [0.25, 0.3) is 11.7 Å². The Morgan fingerprint density at radius 3 is 3.10 bits per heavy atom. The van der Waals surface area contributed by atoms with Crippen LogP contribution in [-0.4, -0.2) is 31.7 Å². The lowest BCUT2D eigenvalue weighted by Crippen LogP contribution is -2.02. The zero-order valence-electron chi connectivity index (χ0n) is 10.8. The van der Waals surface area contributed by atoms with E-state index in [1.54, 1.807) is 23.1 Å². The van der Waals surface area contributed by atoms with E-state index in [0.717, 1.165) is 18.5 Å². The molecule has 0 saturated heterocycles. The van der Waals surface area contributed by atoms with E-state index in [9.17, 15) is 0 Å². The van der Waals surface area contributed by atoms with Gasteiger partial charge < -0.3 is 14.7 Å². The third kappa shape index (κ3) is 2.75. The van der Waals surface area contributed by atoms with Crippen LogP contribution in [0.15, 0.2) is 33.5 Å². The van der Waals surface area contributed by atoms with E-state index in [4.69, 9.17) is 14.7 Å². The molecule has 3 aromatic rings. The second-order valence-electron chi connectivity index (χ2n) is 4.29. The van der Waals surface area contributed by atoms with Gasteiger partial charge in [0.1, 0.15) is 6.54 Å². The first-order chi connectivity index (χ1) is 9.85. The first-order valence-electron chi connectivity index (χ1n) is 6.30. The SMILES string of the molecule is NCCCc1cn(Cc2noc(-c3ccco3)n2)nn1. The lowest BCUT2D eigenvalue weighted by molar-refractivity contribution is 0.406. The van der Waals surface area contributed by atoms with Crippen molar-refractivity contribution in [1.29, 1.82) is 0 Å². The average Bonchev–Trinajstić information content (AvgIpc) is 3.18. The smallest absolute Gasteiger partial charge is 0.293 e. The van der Waals surface area contributed by atoms with Crippen LogP contribution in [0.5, 0.6) is 0 Å². The van der Waals surface area contributed by atoms with Gasteiger partial charge in [0.25, 0.3) is 5.89 Å². The van der Waals surface area contributed by atoms with Crippen LogP contribution in [0.4, 0.5) is 0 Å². The van der Waals surface area contributed by atoms with Gasteiger partial charge >= 0.3 is 0 Å². The van der Waals surface area contributed by atoms with Crippen molar-refractivity contribution in [3.63, 3.8) is 0 Å². The van der Waals surface area contributed by atoms with Gasteiger partial charge in [-0.25, -0.2) is 4.68 Å². The van der Waals surface area contributed by atoms with Crippen molar-refractivity contribution in [2.45, 2.75) is 19.4 Å². The Labute approximate surface area is 114 Å². The molecule has 2 N–H and O–H groups in total. The molecule has 104 valence electrons. The molecular formula is C12H14N6O2. The molecule has 3 heterocycles. The molecule has 0 fully saturated rings. The summed E-state index contributed by atoms with van der Waals surface area (Å²) in [4.78, 5) is 4.24. The van der Waals surface area contributed by atoms with E-state index < -0.39 is 0 Å². The number of furan rings is 1. The largest absolute Gasteiger partial charge is 0.459 e. The highest BCUT2D eigenvalue weighted by Gasteiger charge is 2.12. The molecule has 8 heteroatoms. The minimum absolute atomic E-state index is 0.355. The van der Waals surface area contributed by atoms with Gasteiger partial charge in [0.2, 0.25) is 0 Å². The molecule has 0 radical (unpaired) electrons. The monoisotopic (exact) mass is 274 g/mol. The molecule has 0 saturated carbocycles. The van der Waals surface area contributed by atoms with Gasteiger partial charge in [-0.3, -0.25) is 0 Å². The highest BCUT2D eigenvalue weighted by atomic mass is 16.5. The van der Waals surface area contributed by atoms with Crippen LogP contribution in [-0.2, 0) is 13.0 Å². The molecule has 20 heavy (non-hydrogen) atoms. The van der Waals surface area contributed by atoms with Crippen LogP contribution in [0, 0.1) is 0 Å². The van der Waals surface area contributed by atoms with E-state index in [0.29, 0.717) is 30.6 Å². The molecule has 3 aromatic heterocycles. The Morgan fingerprint density at radius 2 is 2.30 bits per heavy atom. The standard InChI is InChI=1S/C12H14N6O2/c13-5-1-3-9-7-18(17-15-9)8-11-14-12(20-16-11)10-4-2-6-19-10/h2,4,6-7H,1,3,5,8,13H2. The van der Waals surface area contributed by atoms with Crippen molar-refractivity contribution in [2.75, 3.05) is 6.54 Å². The number of hydrogen-bond acceptors (Lipinski definition) is 7. The Bertz CT molecular complexity index is 657. The fourth-order valence-electron chi connectivity index (χ4n) is 1.78. The fraction of sp³-hybridized carbons (Fsp3) is 0.333. The minimum atomic E-state index is 0.355. The fourth-order valence-corrected chi connectivity index (χ4v) is 1.78. The van der Waals surface area contributed by atoms with Gasteiger partial charge in [0, 0.05) is 6.20 Å². The first kappa shape index (κ1) is 12.5. The molecule has 0 atom stereocenters. The topological polar surface area (TPSA) is 109 Å². The van der Waals surface area contributed by atoms with Gasteiger partial charge in [0.15, 0.2) is 11.6 Å². The summed E-state index contributed by atoms with van der Waals surface area (Å²) in [6, 6.07) is 3.53. The number of aromatic nitrogens is 5. The second kappa shape index (κ2) is 5.66. The molecule has 0 aliphatic carbocycles. The Hall–Kier alpha value is -2.48. The minimum Gasteiger partial charge on any atom is -0.459 e. The van der Waals surface area contributed by atoms with E-state index in [2.05, 4.69) is 20.5 Å². The third-order valence-electron chi connectivity index (χ3n) is 2.73. The van der Waals surface area contributed by atoms with Crippen LogP contribution in [0.2, 0.25) is 0 Å². The van der Waals surface area contributed by atoms with Crippen molar-refractivity contribution in [2.24, 2.45) is 5.73 Å². The zero-order chi connectivity index (χ0) is 13.8. The van der Waals surface area contributed by atoms with Gasteiger partial charge in [0.05, 0.1) is 12.0 Å². The molecule has 0 aromatic carbocycles. The van der Waals surface area contributed by atoms with Crippen molar-refractivity contribution < 1.29 is 8.94 Å². The molecule has 0 unspecified atom stereocenters. The van der Waals surface area contributed by atoms with E-state index >= 15 is 0 Å². The summed E-state index contributed by atoms with van der Waals surface area (Å²) in [7, 11) is 0. The second-order valence-corrected chi connectivity index (χ2v) is 4.29. The predicted octanol–water partition coefficient (Wildman–Crippen LogP) is 0.861. The van der Waals surface area contributed by atoms with Crippen molar-refractivity contribution in [1.82, 2.24) is 25.1 Å². The third-order valence-corrected chi connectivity index (χ3v) is 2.73. The zero-order valence-corrected chi connectivity index (χ0v) is 10.8. The summed E-state index contributed by atoms with van der Waals surface area (Å²) >= 11 is 0. The molecule has 3 rings (SSSR count). The molecule has 0 aliphatic rings. The van der Waals surface area contributed by atoms with E-state index in [1.165, 1.54) is 0 Å². The Kier molecular flexibility index (Phi) is 3.55. The highest BCUT2D eigenvalue weighted by Crippen LogP contribution is 2.17. The van der Waals surface area contributed by atoms with Crippen molar-refractivity contribution >= 4 is 0 Å². The predicted molar refractivity (Wildman–Crippen MR) is 68.5 cm³/mol. The average molecular weight is 274 g/mol. The number of nitrogens with two attached hydrogens (primary N) is 1. The molecule has 0 bridgehead atoms. The normalized spacial score (nSPS) is 11.1. The quantitative estimate of drug-likeness (QED) is 0.710. The number of hydrogen-bond donors (Lipinski definition) is 1. The van der Waals surface area contributed by atoms with Gasteiger partial charge in [-0.1, -0.05) is 10.4 Å². The number of aryl methyl sites for hydroxylation is 1. The Morgan fingerprint density at radius 1 is 1.35 bits per heavy atom. The summed E-state index contributed by atoms with van der Waals surface area (Å²) in [6.45, 7) is 1.05. The maximum atomic E-state index is 5.46. The van der Waals surface area contributed by atoms with E-state index in [1.807, 2.05) is 6.20 Å². The van der Waals surface area contributed by atoms with E-state index in [-0.39, 0.29) is 0 Å². The molecule has 0 aliphatic heterocycles. The van der Waals surface area contributed by atoms with Crippen LogP contribution in [0.1, 0.15) is 17.9 Å². The molecule has 0 amide bonds. The highest BCUT2D eigenvalue weighted by molar-refractivity contribution is 5.42. The van der Waals surface area contributed by atoms with Crippen LogP contribution < -0.4 is 5.73 Å². The summed E-state index contributed by atoms with van der Waals surface area (Å²) in [5, 5.41) is 12.0.